The van der Waals surface area contributed by atoms with Crippen molar-refractivity contribution in [3.05, 3.63) is 22.4 Å². The van der Waals surface area contributed by atoms with Crippen molar-refractivity contribution in [2.45, 2.75) is 33.2 Å². The summed E-state index contributed by atoms with van der Waals surface area (Å²) in [4.78, 5) is 13.1. The molecular weight excluding hydrogens is 242 g/mol. The highest BCUT2D eigenvalue weighted by Gasteiger charge is 2.27. The van der Waals surface area contributed by atoms with Crippen LogP contribution in [0.25, 0.3) is 0 Å². The Labute approximate surface area is 106 Å². The van der Waals surface area contributed by atoms with Gasteiger partial charge in [-0.1, -0.05) is 6.07 Å². The predicted octanol–water partition coefficient (Wildman–Crippen LogP) is 3.06. The average Bonchev–Trinajstić information content (AvgIpc) is 2.70. The molecule has 1 rings (SSSR count). The molecular formula is C12H18ClNOS. The number of hydrogen-bond donors (Lipinski definition) is 1. The second kappa shape index (κ2) is 5.69. The van der Waals surface area contributed by atoms with Crippen LogP contribution in [0.15, 0.2) is 17.5 Å². The van der Waals surface area contributed by atoms with Crippen molar-refractivity contribution in [2.75, 3.05) is 5.88 Å². The van der Waals surface area contributed by atoms with Crippen molar-refractivity contribution in [1.82, 2.24) is 5.32 Å². The maximum absolute atomic E-state index is 11.8. The molecule has 1 N–H and O–H groups in total. The van der Waals surface area contributed by atoms with E-state index in [9.17, 15) is 4.79 Å². The summed E-state index contributed by atoms with van der Waals surface area (Å²) in [5.41, 5.74) is -0.495. The lowest BCUT2D eigenvalue weighted by Crippen LogP contribution is -2.43. The number of amides is 1. The first-order valence-electron chi connectivity index (χ1n) is 5.35. The van der Waals surface area contributed by atoms with Crippen LogP contribution in [0.2, 0.25) is 0 Å². The van der Waals surface area contributed by atoms with E-state index in [1.807, 2.05) is 32.2 Å². The minimum atomic E-state index is -0.495. The van der Waals surface area contributed by atoms with Crippen molar-refractivity contribution in [2.24, 2.45) is 5.41 Å². The molecule has 90 valence electrons. The van der Waals surface area contributed by atoms with Crippen LogP contribution in [-0.2, 0) is 11.2 Å². The van der Waals surface area contributed by atoms with Gasteiger partial charge in [0.05, 0.1) is 5.41 Å². The largest absolute Gasteiger partial charge is 0.353 e. The highest BCUT2D eigenvalue weighted by Crippen LogP contribution is 2.18. The number of nitrogens with one attached hydrogen (secondary N) is 1. The van der Waals surface area contributed by atoms with E-state index in [1.54, 1.807) is 11.3 Å². The van der Waals surface area contributed by atoms with Crippen LogP contribution in [0.5, 0.6) is 0 Å². The van der Waals surface area contributed by atoms with Gasteiger partial charge in [0.15, 0.2) is 0 Å². The summed E-state index contributed by atoms with van der Waals surface area (Å²) in [7, 11) is 0. The van der Waals surface area contributed by atoms with Gasteiger partial charge in [-0.25, -0.2) is 0 Å². The number of rotatable bonds is 5. The Bertz CT molecular complexity index is 335. The number of halogens is 1. The fraction of sp³-hybridized carbons (Fsp3) is 0.583. The highest BCUT2D eigenvalue weighted by molar-refractivity contribution is 7.09. The molecule has 4 heteroatoms. The molecule has 0 aromatic carbocycles. The number of hydrogen-bond acceptors (Lipinski definition) is 2. The molecule has 16 heavy (non-hydrogen) atoms. The minimum absolute atomic E-state index is 0.0200. The Morgan fingerprint density at radius 2 is 2.31 bits per heavy atom. The Morgan fingerprint density at radius 1 is 1.62 bits per heavy atom. The standard InChI is InChI=1S/C12H18ClNOS/c1-9(7-10-5-4-6-16-10)14-11(15)12(2,3)8-13/h4-6,9H,7-8H2,1-3H3,(H,14,15). The molecule has 1 aromatic heterocycles. The van der Waals surface area contributed by atoms with Crippen LogP contribution in [0, 0.1) is 5.41 Å². The molecule has 0 aliphatic heterocycles. The molecule has 1 amide bonds. The van der Waals surface area contributed by atoms with Gasteiger partial charge in [-0.05, 0) is 32.2 Å². The van der Waals surface area contributed by atoms with Gasteiger partial charge >= 0.3 is 0 Å². The molecule has 1 unspecified atom stereocenters. The van der Waals surface area contributed by atoms with Gasteiger partial charge in [-0.15, -0.1) is 22.9 Å². The summed E-state index contributed by atoms with van der Waals surface area (Å²) >= 11 is 7.47. The molecule has 0 saturated heterocycles. The quantitative estimate of drug-likeness (QED) is 0.809. The zero-order chi connectivity index (χ0) is 12.2. The molecule has 1 heterocycles. The second-order valence-electron chi connectivity index (χ2n) is 4.68. The Kier molecular flexibility index (Phi) is 4.81. The van der Waals surface area contributed by atoms with E-state index in [0.29, 0.717) is 5.88 Å². The first-order chi connectivity index (χ1) is 7.45. The fourth-order valence-electron chi connectivity index (χ4n) is 1.26. The first-order valence-corrected chi connectivity index (χ1v) is 6.76. The van der Waals surface area contributed by atoms with E-state index in [1.165, 1.54) is 4.88 Å². The summed E-state index contributed by atoms with van der Waals surface area (Å²) in [6, 6.07) is 4.26. The maximum Gasteiger partial charge on any atom is 0.227 e. The zero-order valence-electron chi connectivity index (χ0n) is 9.92. The van der Waals surface area contributed by atoms with E-state index in [4.69, 9.17) is 11.6 Å². The lowest BCUT2D eigenvalue weighted by atomic mass is 9.94. The molecule has 0 aliphatic rings. The molecule has 1 aromatic rings. The Morgan fingerprint density at radius 3 is 2.81 bits per heavy atom. The van der Waals surface area contributed by atoms with E-state index in [2.05, 4.69) is 11.4 Å². The van der Waals surface area contributed by atoms with Crippen LogP contribution in [0.1, 0.15) is 25.6 Å². The molecule has 0 bridgehead atoms. The predicted molar refractivity (Wildman–Crippen MR) is 70.1 cm³/mol. The van der Waals surface area contributed by atoms with Crippen molar-refractivity contribution in [1.29, 1.82) is 0 Å². The fourth-order valence-corrected chi connectivity index (χ4v) is 2.22. The Balaban J connectivity index is 2.46. The number of carbonyl (C=O) groups excluding carboxylic acids is 1. The van der Waals surface area contributed by atoms with Gasteiger partial charge in [0.1, 0.15) is 0 Å². The van der Waals surface area contributed by atoms with Gasteiger partial charge < -0.3 is 5.32 Å². The monoisotopic (exact) mass is 259 g/mol. The SMILES string of the molecule is CC(Cc1cccs1)NC(=O)C(C)(C)CCl. The van der Waals surface area contributed by atoms with Gasteiger partial charge in [-0.2, -0.15) is 0 Å². The summed E-state index contributed by atoms with van der Waals surface area (Å²) in [6.07, 6.45) is 0.877. The lowest BCUT2D eigenvalue weighted by Gasteiger charge is -2.23. The summed E-state index contributed by atoms with van der Waals surface area (Å²) in [5.74, 6) is 0.358. The zero-order valence-corrected chi connectivity index (χ0v) is 11.5. The first kappa shape index (κ1) is 13.5. The molecule has 0 spiro atoms. The van der Waals surface area contributed by atoms with Crippen molar-refractivity contribution in [3.63, 3.8) is 0 Å². The third-order valence-corrected chi connectivity index (χ3v) is 3.98. The van der Waals surface area contributed by atoms with Crippen molar-refractivity contribution in [3.8, 4) is 0 Å². The summed E-state index contributed by atoms with van der Waals surface area (Å²) in [6.45, 7) is 5.72. The van der Waals surface area contributed by atoms with Gasteiger partial charge in [-0.3, -0.25) is 4.79 Å². The van der Waals surface area contributed by atoms with Crippen molar-refractivity contribution < 1.29 is 4.79 Å². The van der Waals surface area contributed by atoms with Gasteiger partial charge in [0.25, 0.3) is 0 Å². The van der Waals surface area contributed by atoms with Crippen LogP contribution >= 0.6 is 22.9 Å². The third kappa shape index (κ3) is 3.80. The topological polar surface area (TPSA) is 29.1 Å². The average molecular weight is 260 g/mol. The van der Waals surface area contributed by atoms with Crippen LogP contribution < -0.4 is 5.32 Å². The smallest absolute Gasteiger partial charge is 0.227 e. The van der Waals surface area contributed by atoms with E-state index >= 15 is 0 Å². The lowest BCUT2D eigenvalue weighted by molar-refractivity contribution is -0.128. The van der Waals surface area contributed by atoms with Gasteiger partial charge in [0.2, 0.25) is 5.91 Å². The van der Waals surface area contributed by atoms with E-state index < -0.39 is 5.41 Å². The maximum atomic E-state index is 11.8. The highest BCUT2D eigenvalue weighted by atomic mass is 35.5. The third-order valence-electron chi connectivity index (χ3n) is 2.41. The molecule has 2 nitrogen and oxygen atoms in total. The van der Waals surface area contributed by atoms with Gasteiger partial charge in [0, 0.05) is 23.2 Å². The minimum Gasteiger partial charge on any atom is -0.353 e. The van der Waals surface area contributed by atoms with Crippen LogP contribution in [-0.4, -0.2) is 17.8 Å². The number of alkyl halides is 1. The second-order valence-corrected chi connectivity index (χ2v) is 5.98. The van der Waals surface area contributed by atoms with Crippen LogP contribution in [0.3, 0.4) is 0 Å². The molecule has 1 atom stereocenters. The van der Waals surface area contributed by atoms with Crippen molar-refractivity contribution >= 4 is 28.8 Å². The molecule has 0 fully saturated rings. The Hall–Kier alpha value is -0.540. The normalized spacial score (nSPS) is 13.5. The summed E-state index contributed by atoms with van der Waals surface area (Å²) in [5, 5.41) is 5.04. The van der Waals surface area contributed by atoms with Crippen LogP contribution in [0.4, 0.5) is 0 Å². The van der Waals surface area contributed by atoms with E-state index in [-0.39, 0.29) is 11.9 Å². The molecule has 0 saturated carbocycles. The number of carbonyl (C=O) groups is 1. The number of thiophene rings is 1. The summed E-state index contributed by atoms with van der Waals surface area (Å²) < 4.78 is 0. The molecule has 0 aliphatic carbocycles. The molecule has 0 radical (unpaired) electrons. The van der Waals surface area contributed by atoms with E-state index in [0.717, 1.165) is 6.42 Å².